The Kier molecular flexibility index (Phi) is 11.1. The van der Waals surface area contributed by atoms with Crippen molar-refractivity contribution >= 4 is 40.0 Å². The first-order valence-electron chi connectivity index (χ1n) is 11.7. The molecule has 0 radical (unpaired) electrons. The van der Waals surface area contributed by atoms with Gasteiger partial charge in [-0.1, -0.05) is 19.3 Å². The van der Waals surface area contributed by atoms with E-state index < -0.39 is 10.0 Å². The molecule has 1 unspecified atom stereocenters. The Bertz CT molecular complexity index is 631. The maximum atomic E-state index is 12.0. The predicted molar refractivity (Wildman–Crippen MR) is 135 cm³/mol. The molecule has 0 amide bonds. The Labute approximate surface area is 200 Å². The van der Waals surface area contributed by atoms with Gasteiger partial charge in [-0.15, -0.1) is 24.0 Å². The fraction of sp³-hybridized carbons (Fsp3) is 0.952. The number of aliphatic imine (C=N–C) groups is 1. The van der Waals surface area contributed by atoms with E-state index in [1.165, 1.54) is 58.0 Å². The zero-order chi connectivity index (χ0) is 20.7. The van der Waals surface area contributed by atoms with Crippen molar-refractivity contribution in [2.24, 2.45) is 10.9 Å². The quantitative estimate of drug-likeness (QED) is 0.287. The van der Waals surface area contributed by atoms with Gasteiger partial charge < -0.3 is 10.6 Å². The van der Waals surface area contributed by atoms with E-state index >= 15 is 0 Å². The molecule has 0 aromatic heterocycles. The fourth-order valence-electron chi connectivity index (χ4n) is 5.13. The number of halogens is 1. The molecule has 7 nitrogen and oxygen atoms in total. The average molecular weight is 556 g/mol. The molecule has 0 aromatic carbocycles. The third kappa shape index (κ3) is 7.48. The second-order valence-corrected chi connectivity index (χ2v) is 11.2. The summed E-state index contributed by atoms with van der Waals surface area (Å²) in [6.45, 7) is 6.36. The fourth-order valence-corrected chi connectivity index (χ4v) is 6.26. The van der Waals surface area contributed by atoms with Gasteiger partial charge in [0, 0.05) is 45.3 Å². The molecule has 2 saturated heterocycles. The van der Waals surface area contributed by atoms with Gasteiger partial charge in [-0.2, -0.15) is 0 Å². The van der Waals surface area contributed by atoms with Crippen LogP contribution in [0.15, 0.2) is 4.99 Å². The molecule has 2 N–H and O–H groups in total. The number of nitrogens with zero attached hydrogens (tertiary/aromatic N) is 3. The van der Waals surface area contributed by atoms with E-state index in [9.17, 15) is 8.42 Å². The Morgan fingerprint density at radius 3 is 2.33 bits per heavy atom. The largest absolute Gasteiger partial charge is 0.355 e. The van der Waals surface area contributed by atoms with Crippen molar-refractivity contribution in [2.75, 3.05) is 45.5 Å². The minimum atomic E-state index is -3.06. The number of likely N-dealkylation sites (tertiary alicyclic amines) is 1. The van der Waals surface area contributed by atoms with Crippen LogP contribution in [0, 0.1) is 5.92 Å². The Morgan fingerprint density at radius 2 is 1.70 bits per heavy atom. The first kappa shape index (κ1) is 26.1. The highest BCUT2D eigenvalue weighted by molar-refractivity contribution is 14.0. The van der Waals surface area contributed by atoms with Crippen molar-refractivity contribution in [1.29, 1.82) is 0 Å². The van der Waals surface area contributed by atoms with Crippen molar-refractivity contribution in [1.82, 2.24) is 19.8 Å². The van der Waals surface area contributed by atoms with E-state index in [2.05, 4.69) is 20.5 Å². The van der Waals surface area contributed by atoms with E-state index in [0.717, 1.165) is 31.3 Å². The van der Waals surface area contributed by atoms with Crippen LogP contribution in [0.25, 0.3) is 0 Å². The van der Waals surface area contributed by atoms with Crippen LogP contribution in [0.2, 0.25) is 0 Å². The monoisotopic (exact) mass is 555 g/mol. The lowest BCUT2D eigenvalue weighted by Gasteiger charge is -2.33. The first-order chi connectivity index (χ1) is 14.0. The molecule has 0 aromatic rings. The van der Waals surface area contributed by atoms with Crippen molar-refractivity contribution in [3.8, 4) is 0 Å². The number of nitrogens with one attached hydrogen (secondary N) is 2. The van der Waals surface area contributed by atoms with Gasteiger partial charge in [-0.3, -0.25) is 9.89 Å². The highest BCUT2D eigenvalue weighted by Gasteiger charge is 2.29. The lowest BCUT2D eigenvalue weighted by atomic mass is 9.89. The van der Waals surface area contributed by atoms with Gasteiger partial charge in [-0.05, 0) is 57.9 Å². The number of rotatable bonds is 7. The van der Waals surface area contributed by atoms with E-state index in [0.29, 0.717) is 19.1 Å². The Hall–Kier alpha value is -0.130. The molecule has 3 fully saturated rings. The molecule has 2 aliphatic heterocycles. The molecular weight excluding hydrogens is 513 g/mol. The highest BCUT2D eigenvalue weighted by Crippen LogP contribution is 2.27. The van der Waals surface area contributed by atoms with Crippen LogP contribution in [-0.4, -0.2) is 81.2 Å². The molecule has 2 heterocycles. The molecule has 1 saturated carbocycles. The lowest BCUT2D eigenvalue weighted by Crippen LogP contribution is -2.51. The smallest absolute Gasteiger partial charge is 0.213 e. The number of hydrogen-bond donors (Lipinski definition) is 2. The van der Waals surface area contributed by atoms with Crippen LogP contribution in [-0.2, 0) is 10.0 Å². The topological polar surface area (TPSA) is 77.0 Å². The average Bonchev–Trinajstić information content (AvgIpc) is 3.19. The van der Waals surface area contributed by atoms with Gasteiger partial charge >= 0.3 is 0 Å². The van der Waals surface area contributed by atoms with E-state index in [1.54, 1.807) is 11.2 Å². The van der Waals surface area contributed by atoms with Gasteiger partial charge in [0.25, 0.3) is 0 Å². The molecule has 1 aliphatic carbocycles. The van der Waals surface area contributed by atoms with Crippen LogP contribution >= 0.6 is 24.0 Å². The predicted octanol–water partition coefficient (Wildman–Crippen LogP) is 2.63. The second-order valence-electron chi connectivity index (χ2n) is 8.97. The van der Waals surface area contributed by atoms with Gasteiger partial charge in [0.2, 0.25) is 10.0 Å². The van der Waals surface area contributed by atoms with Crippen LogP contribution in [0.4, 0.5) is 0 Å². The summed E-state index contributed by atoms with van der Waals surface area (Å²) in [5.41, 5.74) is 0. The van der Waals surface area contributed by atoms with Crippen molar-refractivity contribution in [3.05, 3.63) is 0 Å². The summed E-state index contributed by atoms with van der Waals surface area (Å²) >= 11 is 0. The molecule has 30 heavy (non-hydrogen) atoms. The summed E-state index contributed by atoms with van der Waals surface area (Å²) in [4.78, 5) is 7.11. The zero-order valence-corrected chi connectivity index (χ0v) is 22.0. The normalized spacial score (nSPS) is 25.8. The third-order valence-electron chi connectivity index (χ3n) is 7.00. The lowest BCUT2D eigenvalue weighted by molar-refractivity contribution is 0.187. The maximum Gasteiger partial charge on any atom is 0.213 e. The molecular formula is C21H42IN5O2S. The van der Waals surface area contributed by atoms with Crippen LogP contribution in [0.5, 0.6) is 0 Å². The Morgan fingerprint density at radius 1 is 1.00 bits per heavy atom. The summed E-state index contributed by atoms with van der Waals surface area (Å²) in [5, 5.41) is 7.06. The summed E-state index contributed by atoms with van der Waals surface area (Å²) in [5.74, 6) is 1.94. The van der Waals surface area contributed by atoms with E-state index in [4.69, 9.17) is 0 Å². The van der Waals surface area contributed by atoms with Crippen molar-refractivity contribution in [2.45, 2.75) is 76.8 Å². The molecule has 176 valence electrons. The number of sulfonamides is 1. The van der Waals surface area contributed by atoms with Gasteiger partial charge in [0.1, 0.15) is 0 Å². The SMILES string of the molecule is CCS(=O)(=O)N1CCC(NC(=NC)NCC2CCCN2CC2CCCCC2)CC1.I. The van der Waals surface area contributed by atoms with Gasteiger partial charge in [0.05, 0.1) is 5.75 Å². The summed E-state index contributed by atoms with van der Waals surface area (Å²) in [7, 11) is -1.24. The molecule has 1 atom stereocenters. The number of piperidine rings is 1. The first-order valence-corrected chi connectivity index (χ1v) is 13.3. The number of guanidine groups is 1. The second kappa shape index (κ2) is 12.8. The molecule has 0 spiro atoms. The zero-order valence-electron chi connectivity index (χ0n) is 18.8. The Balaban J connectivity index is 0.00000320. The highest BCUT2D eigenvalue weighted by atomic mass is 127. The van der Waals surface area contributed by atoms with Crippen LogP contribution in [0.1, 0.15) is 64.7 Å². The van der Waals surface area contributed by atoms with Crippen LogP contribution in [0.3, 0.4) is 0 Å². The molecule has 0 bridgehead atoms. The summed E-state index contributed by atoms with van der Waals surface area (Å²) in [6.07, 6.45) is 11.3. The van der Waals surface area contributed by atoms with Crippen LogP contribution < -0.4 is 10.6 Å². The third-order valence-corrected chi connectivity index (χ3v) is 8.88. The minimum Gasteiger partial charge on any atom is -0.355 e. The van der Waals surface area contributed by atoms with Crippen molar-refractivity contribution < 1.29 is 8.42 Å². The van der Waals surface area contributed by atoms with Gasteiger partial charge in [0.15, 0.2) is 5.96 Å². The summed E-state index contributed by atoms with van der Waals surface area (Å²) in [6, 6.07) is 0.887. The van der Waals surface area contributed by atoms with Crippen molar-refractivity contribution in [3.63, 3.8) is 0 Å². The maximum absolute atomic E-state index is 12.0. The molecule has 9 heteroatoms. The van der Waals surface area contributed by atoms with Gasteiger partial charge in [-0.25, -0.2) is 12.7 Å². The number of hydrogen-bond acceptors (Lipinski definition) is 4. The molecule has 3 aliphatic rings. The molecule has 3 rings (SSSR count). The standard InChI is InChI=1S/C21H41N5O2S.HI/c1-3-29(27,28)26-14-11-19(12-15-26)24-21(22-2)23-16-20-10-7-13-25(20)17-18-8-5-4-6-9-18;/h18-20H,3-17H2,1-2H3,(H2,22,23,24);1H. The summed E-state index contributed by atoms with van der Waals surface area (Å²) < 4.78 is 25.7. The van der Waals surface area contributed by atoms with E-state index in [-0.39, 0.29) is 35.8 Å². The minimum absolute atomic E-state index is 0. The van der Waals surface area contributed by atoms with E-state index in [1.807, 2.05) is 7.05 Å².